The first kappa shape index (κ1) is 10.1. The Bertz CT molecular complexity index is 390. The summed E-state index contributed by atoms with van der Waals surface area (Å²) in [6.07, 6.45) is 0.826. The minimum absolute atomic E-state index is 0.0734. The highest BCUT2D eigenvalue weighted by atomic mass is 16.5. The van der Waals surface area contributed by atoms with E-state index < -0.39 is 0 Å². The smallest absolute Gasteiger partial charge is 0.248 e. The molecule has 0 bridgehead atoms. The summed E-state index contributed by atoms with van der Waals surface area (Å²) in [7, 11) is 1.66. The van der Waals surface area contributed by atoms with Crippen LogP contribution in [0.4, 0.5) is 0 Å². The topological polar surface area (TPSA) is 64.3 Å². The zero-order valence-electron chi connectivity index (χ0n) is 8.62. The van der Waals surface area contributed by atoms with Crippen molar-refractivity contribution < 1.29 is 9.53 Å². The number of benzene rings is 1. The van der Waals surface area contributed by atoms with Crippen molar-refractivity contribution in [2.24, 2.45) is 5.73 Å². The van der Waals surface area contributed by atoms with E-state index in [1.54, 1.807) is 13.2 Å². The Morgan fingerprint density at radius 2 is 2.40 bits per heavy atom. The van der Waals surface area contributed by atoms with Gasteiger partial charge in [-0.1, -0.05) is 6.07 Å². The van der Waals surface area contributed by atoms with Crippen LogP contribution in [0.1, 0.15) is 27.7 Å². The van der Waals surface area contributed by atoms with E-state index in [1.807, 2.05) is 12.1 Å². The molecular formula is C11H14N2O2. The third-order valence-corrected chi connectivity index (χ3v) is 2.67. The van der Waals surface area contributed by atoms with E-state index in [9.17, 15) is 4.79 Å². The molecule has 1 atom stereocenters. The normalized spacial score (nSPS) is 19.7. The van der Waals surface area contributed by atoms with E-state index in [4.69, 9.17) is 10.5 Å². The Hall–Kier alpha value is -1.39. The van der Waals surface area contributed by atoms with Gasteiger partial charge in [0.1, 0.15) is 6.23 Å². The van der Waals surface area contributed by atoms with Crippen molar-refractivity contribution >= 4 is 5.91 Å². The van der Waals surface area contributed by atoms with Crippen LogP contribution in [0.2, 0.25) is 0 Å². The van der Waals surface area contributed by atoms with Gasteiger partial charge < -0.3 is 10.5 Å². The molecule has 0 aromatic heterocycles. The van der Waals surface area contributed by atoms with Crippen LogP contribution in [0.15, 0.2) is 18.2 Å². The Morgan fingerprint density at radius 1 is 1.60 bits per heavy atom. The van der Waals surface area contributed by atoms with Gasteiger partial charge in [-0.15, -0.1) is 0 Å². The maximum absolute atomic E-state index is 11.0. The number of rotatable bonds is 2. The van der Waals surface area contributed by atoms with Crippen molar-refractivity contribution in [3.05, 3.63) is 34.9 Å². The minimum atomic E-state index is -0.384. The van der Waals surface area contributed by atoms with Crippen LogP contribution >= 0.6 is 0 Å². The maximum Gasteiger partial charge on any atom is 0.248 e. The van der Waals surface area contributed by atoms with E-state index in [-0.39, 0.29) is 12.1 Å². The summed E-state index contributed by atoms with van der Waals surface area (Å²) in [6.45, 7) is 0.855. The molecule has 2 rings (SSSR count). The molecule has 1 aromatic rings. The zero-order chi connectivity index (χ0) is 10.8. The van der Waals surface area contributed by atoms with Crippen molar-refractivity contribution in [3.8, 4) is 0 Å². The van der Waals surface area contributed by atoms with Gasteiger partial charge in [0.25, 0.3) is 0 Å². The van der Waals surface area contributed by atoms with Gasteiger partial charge in [-0.3, -0.25) is 10.1 Å². The lowest BCUT2D eigenvalue weighted by Gasteiger charge is -2.25. The number of primary amides is 1. The van der Waals surface area contributed by atoms with Gasteiger partial charge in [0.2, 0.25) is 5.91 Å². The molecule has 0 saturated carbocycles. The maximum atomic E-state index is 11.0. The summed E-state index contributed by atoms with van der Waals surface area (Å²) in [5, 5.41) is 3.24. The van der Waals surface area contributed by atoms with Gasteiger partial charge in [-0.05, 0) is 29.7 Å². The van der Waals surface area contributed by atoms with Gasteiger partial charge in [0.15, 0.2) is 0 Å². The number of nitrogens with two attached hydrogens (primary N) is 1. The highest BCUT2D eigenvalue weighted by Gasteiger charge is 2.19. The van der Waals surface area contributed by atoms with Crippen molar-refractivity contribution in [1.82, 2.24) is 5.32 Å². The lowest BCUT2D eigenvalue weighted by Crippen LogP contribution is -2.31. The van der Waals surface area contributed by atoms with E-state index in [0.29, 0.717) is 5.56 Å². The molecule has 1 aliphatic heterocycles. The number of hydrogen-bond acceptors (Lipinski definition) is 3. The molecule has 0 fully saturated rings. The lowest BCUT2D eigenvalue weighted by molar-refractivity contribution is 0.0685. The fourth-order valence-electron chi connectivity index (χ4n) is 1.89. The van der Waals surface area contributed by atoms with Crippen molar-refractivity contribution in [2.45, 2.75) is 12.6 Å². The second-order valence-corrected chi connectivity index (χ2v) is 3.60. The Balaban J connectivity index is 2.40. The number of carbonyl (C=O) groups is 1. The Morgan fingerprint density at radius 3 is 3.07 bits per heavy atom. The molecule has 0 aliphatic carbocycles. The van der Waals surface area contributed by atoms with Crippen molar-refractivity contribution in [1.29, 1.82) is 0 Å². The predicted octanol–water partition coefficient (Wildman–Crippen LogP) is 0.576. The summed E-state index contributed by atoms with van der Waals surface area (Å²) in [5.74, 6) is -0.384. The average molecular weight is 206 g/mol. The monoisotopic (exact) mass is 206 g/mol. The van der Waals surface area contributed by atoms with Crippen LogP contribution in [-0.4, -0.2) is 19.6 Å². The molecule has 4 nitrogen and oxygen atoms in total. The second-order valence-electron chi connectivity index (χ2n) is 3.60. The molecule has 1 aliphatic rings. The first-order valence-corrected chi connectivity index (χ1v) is 4.91. The van der Waals surface area contributed by atoms with Gasteiger partial charge in [0.05, 0.1) is 0 Å². The third-order valence-electron chi connectivity index (χ3n) is 2.67. The number of methoxy groups -OCH3 is 1. The molecule has 15 heavy (non-hydrogen) atoms. The molecule has 1 unspecified atom stereocenters. The predicted molar refractivity (Wildman–Crippen MR) is 56.4 cm³/mol. The van der Waals surface area contributed by atoms with Crippen LogP contribution in [0.5, 0.6) is 0 Å². The average Bonchev–Trinajstić information content (AvgIpc) is 2.27. The number of hydrogen-bond donors (Lipinski definition) is 2. The molecule has 1 heterocycles. The molecule has 4 heteroatoms. The van der Waals surface area contributed by atoms with Gasteiger partial charge >= 0.3 is 0 Å². The quantitative estimate of drug-likeness (QED) is 0.743. The van der Waals surface area contributed by atoms with Crippen molar-refractivity contribution in [2.75, 3.05) is 13.7 Å². The molecule has 0 radical (unpaired) electrons. The molecule has 0 saturated heterocycles. The van der Waals surface area contributed by atoms with Gasteiger partial charge in [-0.25, -0.2) is 0 Å². The highest BCUT2D eigenvalue weighted by molar-refractivity contribution is 5.93. The Labute approximate surface area is 88.4 Å². The van der Waals surface area contributed by atoms with E-state index in [2.05, 4.69) is 5.32 Å². The third kappa shape index (κ3) is 1.86. The molecule has 1 amide bonds. The zero-order valence-corrected chi connectivity index (χ0v) is 8.62. The first-order valence-electron chi connectivity index (χ1n) is 4.91. The largest absolute Gasteiger partial charge is 0.366 e. The lowest BCUT2D eigenvalue weighted by atomic mass is 9.97. The number of ether oxygens (including phenoxy) is 1. The summed E-state index contributed by atoms with van der Waals surface area (Å²) in [5.41, 5.74) is 8.02. The fourth-order valence-corrected chi connectivity index (χ4v) is 1.89. The summed E-state index contributed by atoms with van der Waals surface area (Å²) in [4.78, 5) is 11.0. The van der Waals surface area contributed by atoms with Crippen molar-refractivity contribution in [3.63, 3.8) is 0 Å². The number of fused-ring (bicyclic) bond motifs is 1. The minimum Gasteiger partial charge on any atom is -0.366 e. The molecule has 80 valence electrons. The summed E-state index contributed by atoms with van der Waals surface area (Å²) in [6, 6.07) is 5.49. The number of nitrogens with one attached hydrogen (secondary N) is 1. The first-order chi connectivity index (χ1) is 7.22. The highest BCUT2D eigenvalue weighted by Crippen LogP contribution is 2.24. The van der Waals surface area contributed by atoms with Gasteiger partial charge in [0, 0.05) is 19.2 Å². The number of amides is 1. The molecule has 1 aromatic carbocycles. The fraction of sp³-hybridized carbons (Fsp3) is 0.364. The standard InChI is InChI=1S/C11H14N2O2/c1-15-11-9-3-2-8(10(12)14)6-7(9)4-5-13-11/h2-3,6,11,13H,4-5H2,1H3,(H2,12,14). The van der Waals surface area contributed by atoms with Crippen LogP contribution in [0.3, 0.4) is 0 Å². The Kier molecular flexibility index (Phi) is 2.70. The van der Waals surface area contributed by atoms with Crippen LogP contribution < -0.4 is 11.1 Å². The van der Waals surface area contributed by atoms with Gasteiger partial charge in [-0.2, -0.15) is 0 Å². The van der Waals surface area contributed by atoms with Crippen LogP contribution in [0, 0.1) is 0 Å². The molecule has 0 spiro atoms. The second kappa shape index (κ2) is 4.00. The SMILES string of the molecule is COC1NCCc2cc(C(N)=O)ccc21. The summed E-state index contributed by atoms with van der Waals surface area (Å²) < 4.78 is 5.29. The van der Waals surface area contributed by atoms with Crippen LogP contribution in [-0.2, 0) is 11.2 Å². The van der Waals surface area contributed by atoms with E-state index in [0.717, 1.165) is 24.1 Å². The molecular weight excluding hydrogens is 192 g/mol. The van der Waals surface area contributed by atoms with E-state index in [1.165, 1.54) is 0 Å². The summed E-state index contributed by atoms with van der Waals surface area (Å²) >= 11 is 0. The van der Waals surface area contributed by atoms with Crippen LogP contribution in [0.25, 0.3) is 0 Å². The molecule has 3 N–H and O–H groups in total. The number of carbonyl (C=O) groups excluding carboxylic acids is 1. The van der Waals surface area contributed by atoms with E-state index >= 15 is 0 Å².